The molecule has 1 aliphatic carbocycles. The molecule has 1 N–H and O–H groups in total. The molecule has 9 heteroatoms. The first kappa shape index (κ1) is 24.5. The Bertz CT molecular complexity index is 1230. The lowest BCUT2D eigenvalue weighted by Crippen LogP contribution is -2.41. The topological polar surface area (TPSA) is 87.5 Å². The number of ether oxygens (including phenoxy) is 3. The SMILES string of the molecule is CC(C)(C)OC(=O)N[C@H]1CCC[C@@H](n2c(-c3ccccc3F)nc3cnc(O[C@H]4CCOC4)cc32)C1. The number of rotatable bonds is 5. The summed E-state index contributed by atoms with van der Waals surface area (Å²) < 4.78 is 34.0. The number of imidazole rings is 1. The van der Waals surface area contributed by atoms with Crippen LogP contribution in [-0.2, 0) is 9.47 Å². The van der Waals surface area contributed by atoms with Gasteiger partial charge in [0.1, 0.15) is 28.9 Å². The number of hydrogen-bond donors (Lipinski definition) is 1. The van der Waals surface area contributed by atoms with Crippen molar-refractivity contribution in [1.29, 1.82) is 0 Å². The van der Waals surface area contributed by atoms with Gasteiger partial charge in [0, 0.05) is 24.6 Å². The van der Waals surface area contributed by atoms with Gasteiger partial charge >= 0.3 is 6.09 Å². The zero-order chi connectivity index (χ0) is 25.3. The zero-order valence-corrected chi connectivity index (χ0v) is 21.0. The number of pyridine rings is 1. The molecule has 0 radical (unpaired) electrons. The average Bonchev–Trinajstić information content (AvgIpc) is 3.46. The van der Waals surface area contributed by atoms with E-state index in [9.17, 15) is 9.18 Å². The molecule has 1 saturated heterocycles. The first-order valence-electron chi connectivity index (χ1n) is 12.6. The molecule has 0 spiro atoms. The van der Waals surface area contributed by atoms with Gasteiger partial charge in [0.05, 0.1) is 30.5 Å². The standard InChI is InChI=1S/C27H33FN4O4/c1-27(2,3)36-26(33)30-17-7-6-8-18(13-17)32-23-14-24(35-19-11-12-34-16-19)29-15-22(23)31-25(32)20-9-4-5-10-21(20)28/h4-5,9-10,14-15,17-19H,6-8,11-13,16H2,1-3H3,(H,30,33)/t17-,18+,19-/m0/s1. The van der Waals surface area contributed by atoms with E-state index in [4.69, 9.17) is 19.2 Å². The Balaban J connectivity index is 1.49. The van der Waals surface area contributed by atoms with Gasteiger partial charge in [-0.15, -0.1) is 0 Å². The summed E-state index contributed by atoms with van der Waals surface area (Å²) >= 11 is 0. The van der Waals surface area contributed by atoms with Crippen LogP contribution < -0.4 is 10.1 Å². The normalized spacial score (nSPS) is 22.5. The molecule has 8 nitrogen and oxygen atoms in total. The molecule has 3 atom stereocenters. The monoisotopic (exact) mass is 496 g/mol. The molecule has 3 aromatic rings. The third-order valence-corrected chi connectivity index (χ3v) is 6.57. The zero-order valence-electron chi connectivity index (χ0n) is 21.0. The number of amides is 1. The lowest BCUT2D eigenvalue weighted by molar-refractivity contribution is 0.0486. The number of aromatic nitrogens is 3. The molecule has 1 saturated carbocycles. The molecule has 5 rings (SSSR count). The van der Waals surface area contributed by atoms with E-state index in [0.29, 0.717) is 42.4 Å². The van der Waals surface area contributed by atoms with Crippen LogP contribution in [-0.4, -0.2) is 51.6 Å². The van der Waals surface area contributed by atoms with E-state index in [-0.39, 0.29) is 24.0 Å². The van der Waals surface area contributed by atoms with Crippen LogP contribution in [0.5, 0.6) is 5.88 Å². The van der Waals surface area contributed by atoms with Crippen molar-refractivity contribution < 1.29 is 23.4 Å². The Hall–Kier alpha value is -3.20. The van der Waals surface area contributed by atoms with Crippen LogP contribution in [0, 0.1) is 5.82 Å². The van der Waals surface area contributed by atoms with Gasteiger partial charge < -0.3 is 24.1 Å². The lowest BCUT2D eigenvalue weighted by Gasteiger charge is -2.32. The van der Waals surface area contributed by atoms with Crippen LogP contribution in [0.15, 0.2) is 36.5 Å². The Labute approximate surface area is 210 Å². The van der Waals surface area contributed by atoms with E-state index >= 15 is 0 Å². The molecule has 192 valence electrons. The maximum atomic E-state index is 14.9. The van der Waals surface area contributed by atoms with E-state index < -0.39 is 11.7 Å². The van der Waals surface area contributed by atoms with Crippen LogP contribution in [0.1, 0.15) is 58.9 Å². The molecule has 2 aromatic heterocycles. The predicted octanol–water partition coefficient (Wildman–Crippen LogP) is 5.41. The summed E-state index contributed by atoms with van der Waals surface area (Å²) in [5.41, 5.74) is 1.37. The van der Waals surface area contributed by atoms with Crippen LogP contribution in [0.3, 0.4) is 0 Å². The van der Waals surface area contributed by atoms with E-state index in [1.54, 1.807) is 18.3 Å². The summed E-state index contributed by atoms with van der Waals surface area (Å²) in [7, 11) is 0. The van der Waals surface area contributed by atoms with Gasteiger partial charge in [-0.1, -0.05) is 12.1 Å². The van der Waals surface area contributed by atoms with Crippen molar-refractivity contribution in [1.82, 2.24) is 19.9 Å². The number of alkyl carbamates (subject to hydrolysis) is 1. The number of carbonyl (C=O) groups excluding carboxylic acids is 1. The Morgan fingerprint density at radius 3 is 2.81 bits per heavy atom. The second kappa shape index (κ2) is 10.0. The first-order chi connectivity index (χ1) is 17.3. The van der Waals surface area contributed by atoms with Gasteiger partial charge in [-0.05, 0) is 58.6 Å². The summed E-state index contributed by atoms with van der Waals surface area (Å²) in [6.45, 7) is 6.76. The molecule has 0 unspecified atom stereocenters. The Morgan fingerprint density at radius 1 is 1.22 bits per heavy atom. The summed E-state index contributed by atoms with van der Waals surface area (Å²) in [6, 6.07) is 8.50. The van der Waals surface area contributed by atoms with E-state index in [0.717, 1.165) is 31.2 Å². The van der Waals surface area contributed by atoms with Gasteiger partial charge in [0.2, 0.25) is 5.88 Å². The molecule has 3 heterocycles. The highest BCUT2D eigenvalue weighted by atomic mass is 19.1. The lowest BCUT2D eigenvalue weighted by atomic mass is 9.90. The molecule has 0 bridgehead atoms. The van der Waals surface area contributed by atoms with Crippen molar-refractivity contribution in [2.75, 3.05) is 13.2 Å². The largest absolute Gasteiger partial charge is 0.472 e. The van der Waals surface area contributed by atoms with Gasteiger partial charge in [0.25, 0.3) is 0 Å². The van der Waals surface area contributed by atoms with Crippen molar-refractivity contribution >= 4 is 17.1 Å². The molecule has 36 heavy (non-hydrogen) atoms. The summed E-state index contributed by atoms with van der Waals surface area (Å²) in [5.74, 6) is 0.716. The number of nitrogens with zero attached hydrogens (tertiary/aromatic N) is 3. The van der Waals surface area contributed by atoms with Gasteiger partial charge in [0.15, 0.2) is 0 Å². The average molecular weight is 497 g/mol. The van der Waals surface area contributed by atoms with Crippen molar-refractivity contribution in [2.24, 2.45) is 0 Å². The summed E-state index contributed by atoms with van der Waals surface area (Å²) in [5, 5.41) is 3.03. The fraction of sp³-hybridized carbons (Fsp3) is 0.519. The van der Waals surface area contributed by atoms with Crippen LogP contribution in [0.2, 0.25) is 0 Å². The smallest absolute Gasteiger partial charge is 0.407 e. The van der Waals surface area contributed by atoms with E-state index in [1.807, 2.05) is 32.9 Å². The van der Waals surface area contributed by atoms with E-state index in [2.05, 4.69) is 14.9 Å². The number of halogens is 1. The fourth-order valence-corrected chi connectivity index (χ4v) is 5.03. The minimum Gasteiger partial charge on any atom is -0.472 e. The van der Waals surface area contributed by atoms with Crippen molar-refractivity contribution in [3.63, 3.8) is 0 Å². The predicted molar refractivity (Wildman–Crippen MR) is 133 cm³/mol. The molecule has 1 aliphatic heterocycles. The van der Waals surface area contributed by atoms with Gasteiger partial charge in [-0.25, -0.2) is 19.2 Å². The minimum atomic E-state index is -0.565. The fourth-order valence-electron chi connectivity index (χ4n) is 5.03. The van der Waals surface area contributed by atoms with Crippen molar-refractivity contribution in [2.45, 2.75) is 76.7 Å². The van der Waals surface area contributed by atoms with Crippen LogP contribution in [0.25, 0.3) is 22.4 Å². The number of fused-ring (bicyclic) bond motifs is 1. The van der Waals surface area contributed by atoms with Gasteiger partial charge in [-0.2, -0.15) is 0 Å². The Morgan fingerprint density at radius 2 is 2.06 bits per heavy atom. The molecular formula is C27H33FN4O4. The van der Waals surface area contributed by atoms with E-state index in [1.165, 1.54) is 6.07 Å². The van der Waals surface area contributed by atoms with Crippen LogP contribution in [0.4, 0.5) is 9.18 Å². The highest BCUT2D eigenvalue weighted by Crippen LogP contribution is 2.37. The Kier molecular flexibility index (Phi) is 6.83. The van der Waals surface area contributed by atoms with Crippen molar-refractivity contribution in [3.8, 4) is 17.3 Å². The number of carbonyl (C=O) groups is 1. The molecular weight excluding hydrogens is 463 g/mol. The maximum Gasteiger partial charge on any atom is 0.407 e. The minimum absolute atomic E-state index is 0.00311. The number of hydrogen-bond acceptors (Lipinski definition) is 6. The molecule has 1 amide bonds. The summed E-state index contributed by atoms with van der Waals surface area (Å²) in [6.07, 6.45) is 5.38. The molecule has 2 fully saturated rings. The number of nitrogens with one attached hydrogen (secondary N) is 1. The molecule has 2 aliphatic rings. The highest BCUT2D eigenvalue weighted by Gasteiger charge is 2.30. The van der Waals surface area contributed by atoms with Gasteiger partial charge in [-0.3, -0.25) is 0 Å². The summed E-state index contributed by atoms with van der Waals surface area (Å²) in [4.78, 5) is 21.7. The third-order valence-electron chi connectivity index (χ3n) is 6.57. The van der Waals surface area contributed by atoms with Crippen LogP contribution >= 0.6 is 0 Å². The maximum absolute atomic E-state index is 14.9. The number of benzene rings is 1. The molecule has 1 aromatic carbocycles. The van der Waals surface area contributed by atoms with Crippen molar-refractivity contribution in [3.05, 3.63) is 42.3 Å². The highest BCUT2D eigenvalue weighted by molar-refractivity contribution is 5.81. The third kappa shape index (κ3) is 5.46. The quantitative estimate of drug-likeness (QED) is 0.508. The second-order valence-electron chi connectivity index (χ2n) is 10.6. The second-order valence-corrected chi connectivity index (χ2v) is 10.6. The first-order valence-corrected chi connectivity index (χ1v) is 12.6.